The zero-order valence-electron chi connectivity index (χ0n) is 8.47. The summed E-state index contributed by atoms with van der Waals surface area (Å²) in [6.45, 7) is -0.558. The number of nitro benzene ring substituents is 1. The Morgan fingerprint density at radius 2 is 2.12 bits per heavy atom. The quantitative estimate of drug-likeness (QED) is 0.476. The SMILES string of the molecule is O=[N+]([O-])c1ccc(F)c(F)c1SC[C@@H](O)CO. The van der Waals surface area contributed by atoms with Crippen LogP contribution in [0.25, 0.3) is 0 Å². The molecule has 0 saturated heterocycles. The van der Waals surface area contributed by atoms with Gasteiger partial charge in [0.15, 0.2) is 11.6 Å². The van der Waals surface area contributed by atoms with Crippen molar-refractivity contribution in [2.75, 3.05) is 12.4 Å². The van der Waals surface area contributed by atoms with E-state index in [0.29, 0.717) is 17.8 Å². The van der Waals surface area contributed by atoms with Crippen molar-refractivity contribution in [3.05, 3.63) is 33.9 Å². The molecule has 8 heteroatoms. The minimum absolute atomic E-state index is 0.169. The summed E-state index contributed by atoms with van der Waals surface area (Å²) in [5.74, 6) is -2.69. The molecule has 0 aliphatic rings. The summed E-state index contributed by atoms with van der Waals surface area (Å²) >= 11 is 0.582. The van der Waals surface area contributed by atoms with E-state index in [-0.39, 0.29) is 5.75 Å². The van der Waals surface area contributed by atoms with Gasteiger partial charge in [0.05, 0.1) is 17.6 Å². The van der Waals surface area contributed by atoms with Crippen molar-refractivity contribution >= 4 is 17.4 Å². The summed E-state index contributed by atoms with van der Waals surface area (Å²) in [6, 6.07) is 1.52. The fourth-order valence-corrected chi connectivity index (χ4v) is 2.01. The van der Waals surface area contributed by atoms with Gasteiger partial charge in [-0.2, -0.15) is 0 Å². The van der Waals surface area contributed by atoms with Crippen LogP contribution in [0, 0.1) is 21.7 Å². The summed E-state index contributed by atoms with van der Waals surface area (Å²) in [4.78, 5) is 9.27. The third kappa shape index (κ3) is 3.35. The predicted molar refractivity (Wildman–Crippen MR) is 56.8 cm³/mol. The Labute approximate surface area is 99.2 Å². The lowest BCUT2D eigenvalue weighted by atomic mass is 10.3. The van der Waals surface area contributed by atoms with Crippen LogP contribution in [0.15, 0.2) is 17.0 Å². The molecule has 17 heavy (non-hydrogen) atoms. The van der Waals surface area contributed by atoms with Crippen molar-refractivity contribution < 1.29 is 23.9 Å². The number of benzene rings is 1. The van der Waals surface area contributed by atoms with Gasteiger partial charge in [0, 0.05) is 11.8 Å². The second kappa shape index (κ2) is 5.89. The minimum atomic E-state index is -1.32. The third-order valence-electron chi connectivity index (χ3n) is 1.86. The van der Waals surface area contributed by atoms with Gasteiger partial charge < -0.3 is 10.2 Å². The van der Waals surface area contributed by atoms with Crippen molar-refractivity contribution in [3.63, 3.8) is 0 Å². The number of rotatable bonds is 5. The highest BCUT2D eigenvalue weighted by Crippen LogP contribution is 2.33. The van der Waals surface area contributed by atoms with Crippen LogP contribution >= 0.6 is 11.8 Å². The van der Waals surface area contributed by atoms with Gasteiger partial charge in [-0.3, -0.25) is 10.1 Å². The number of aliphatic hydroxyl groups is 2. The number of thioether (sulfide) groups is 1. The highest BCUT2D eigenvalue weighted by molar-refractivity contribution is 7.99. The van der Waals surface area contributed by atoms with Gasteiger partial charge in [-0.1, -0.05) is 0 Å². The van der Waals surface area contributed by atoms with Crippen molar-refractivity contribution in [3.8, 4) is 0 Å². The Hall–Kier alpha value is -1.25. The van der Waals surface area contributed by atoms with Gasteiger partial charge in [0.25, 0.3) is 5.69 Å². The van der Waals surface area contributed by atoms with E-state index < -0.39 is 39.9 Å². The maximum Gasteiger partial charge on any atom is 0.286 e. The predicted octanol–water partition coefficient (Wildman–Crippen LogP) is 1.32. The van der Waals surface area contributed by atoms with Crippen LogP contribution in [0.5, 0.6) is 0 Å². The van der Waals surface area contributed by atoms with Gasteiger partial charge in [0.1, 0.15) is 4.90 Å². The van der Waals surface area contributed by atoms with Gasteiger partial charge in [-0.15, -0.1) is 11.8 Å². The summed E-state index contributed by atoms with van der Waals surface area (Å²) < 4.78 is 26.2. The number of halogens is 2. The van der Waals surface area contributed by atoms with Crippen LogP contribution < -0.4 is 0 Å². The smallest absolute Gasteiger partial charge is 0.286 e. The minimum Gasteiger partial charge on any atom is -0.394 e. The van der Waals surface area contributed by atoms with Crippen molar-refractivity contribution in [1.29, 1.82) is 0 Å². The first-order valence-corrected chi connectivity index (χ1v) is 5.50. The van der Waals surface area contributed by atoms with Gasteiger partial charge in [-0.25, -0.2) is 8.78 Å². The standard InChI is InChI=1S/C9H9F2NO4S/c10-6-1-2-7(12(15)16)9(8(6)11)17-4-5(14)3-13/h1-2,5,13-14H,3-4H2/t5-/m0/s1. The zero-order chi connectivity index (χ0) is 13.0. The van der Waals surface area contributed by atoms with Crippen molar-refractivity contribution in [1.82, 2.24) is 0 Å². The van der Waals surface area contributed by atoms with E-state index in [1.807, 2.05) is 0 Å². The maximum absolute atomic E-state index is 13.3. The number of nitrogens with zero attached hydrogens (tertiary/aromatic N) is 1. The molecule has 0 saturated carbocycles. The first-order chi connectivity index (χ1) is 7.97. The summed E-state index contributed by atoms with van der Waals surface area (Å²) in [6.07, 6.45) is -1.15. The van der Waals surface area contributed by atoms with Crippen LogP contribution in [0.4, 0.5) is 14.5 Å². The third-order valence-corrected chi connectivity index (χ3v) is 3.09. The molecular formula is C9H9F2NO4S. The van der Waals surface area contributed by atoms with Crippen molar-refractivity contribution in [2.45, 2.75) is 11.0 Å². The molecule has 1 rings (SSSR count). The average molecular weight is 265 g/mol. The van der Waals surface area contributed by atoms with Crippen molar-refractivity contribution in [2.24, 2.45) is 0 Å². The first-order valence-electron chi connectivity index (χ1n) is 4.51. The molecule has 0 amide bonds. The Balaban J connectivity index is 3.02. The van der Waals surface area contributed by atoms with E-state index in [0.717, 1.165) is 6.07 Å². The van der Waals surface area contributed by atoms with Crippen LogP contribution in [0.3, 0.4) is 0 Å². The molecule has 94 valence electrons. The van der Waals surface area contributed by atoms with Gasteiger partial charge >= 0.3 is 0 Å². The molecule has 0 fully saturated rings. The lowest BCUT2D eigenvalue weighted by Gasteiger charge is -2.08. The monoisotopic (exact) mass is 265 g/mol. The second-order valence-corrected chi connectivity index (χ2v) is 4.14. The van der Waals surface area contributed by atoms with Crippen LogP contribution in [-0.2, 0) is 0 Å². The molecular weight excluding hydrogens is 256 g/mol. The molecule has 0 aliphatic heterocycles. The van der Waals surface area contributed by atoms with Gasteiger partial charge in [-0.05, 0) is 6.07 Å². The normalized spacial score (nSPS) is 12.5. The largest absolute Gasteiger partial charge is 0.394 e. The maximum atomic E-state index is 13.3. The molecule has 0 heterocycles. The Bertz CT molecular complexity index is 430. The fourth-order valence-electron chi connectivity index (χ4n) is 1.04. The van der Waals surface area contributed by atoms with Crippen LogP contribution in [0.2, 0.25) is 0 Å². The summed E-state index contributed by atoms with van der Waals surface area (Å²) in [5, 5.41) is 28.2. The molecule has 1 aromatic rings. The Morgan fingerprint density at radius 1 is 1.47 bits per heavy atom. The topological polar surface area (TPSA) is 83.6 Å². The Morgan fingerprint density at radius 3 is 2.65 bits per heavy atom. The molecule has 0 aliphatic carbocycles. The first kappa shape index (κ1) is 13.8. The molecule has 0 aromatic heterocycles. The second-order valence-electron chi connectivity index (χ2n) is 3.11. The van der Waals surface area contributed by atoms with E-state index in [2.05, 4.69) is 0 Å². The molecule has 0 unspecified atom stereocenters. The molecule has 2 N–H and O–H groups in total. The summed E-state index contributed by atoms with van der Waals surface area (Å²) in [7, 11) is 0. The number of nitro groups is 1. The molecule has 5 nitrogen and oxygen atoms in total. The fraction of sp³-hybridized carbons (Fsp3) is 0.333. The zero-order valence-corrected chi connectivity index (χ0v) is 9.29. The van der Waals surface area contributed by atoms with E-state index in [9.17, 15) is 18.9 Å². The van der Waals surface area contributed by atoms with Crippen LogP contribution in [0.1, 0.15) is 0 Å². The van der Waals surface area contributed by atoms with E-state index >= 15 is 0 Å². The van der Waals surface area contributed by atoms with Gasteiger partial charge in [0.2, 0.25) is 0 Å². The van der Waals surface area contributed by atoms with E-state index in [1.165, 1.54) is 0 Å². The van der Waals surface area contributed by atoms with E-state index in [1.54, 1.807) is 0 Å². The molecule has 0 bridgehead atoms. The number of hydrogen-bond donors (Lipinski definition) is 2. The molecule has 1 atom stereocenters. The Kier molecular flexibility index (Phi) is 4.79. The number of hydrogen-bond acceptors (Lipinski definition) is 5. The van der Waals surface area contributed by atoms with E-state index in [4.69, 9.17) is 10.2 Å². The highest BCUT2D eigenvalue weighted by atomic mass is 32.2. The average Bonchev–Trinajstić information content (AvgIpc) is 2.30. The number of aliphatic hydroxyl groups excluding tert-OH is 2. The highest BCUT2D eigenvalue weighted by Gasteiger charge is 2.22. The molecule has 0 spiro atoms. The molecule has 0 radical (unpaired) electrons. The lowest BCUT2D eigenvalue weighted by Crippen LogP contribution is -2.15. The molecule has 1 aromatic carbocycles. The van der Waals surface area contributed by atoms with Crippen LogP contribution in [-0.4, -0.2) is 33.6 Å². The lowest BCUT2D eigenvalue weighted by molar-refractivity contribution is -0.388. The summed E-state index contributed by atoms with van der Waals surface area (Å²) in [5.41, 5.74) is -0.570.